The van der Waals surface area contributed by atoms with Crippen LogP contribution in [0.4, 0.5) is 4.39 Å². The van der Waals surface area contributed by atoms with Crippen molar-refractivity contribution in [2.24, 2.45) is 0 Å². The van der Waals surface area contributed by atoms with Gasteiger partial charge < -0.3 is 18.7 Å². The van der Waals surface area contributed by atoms with Gasteiger partial charge in [-0.15, -0.1) is 11.3 Å². The van der Waals surface area contributed by atoms with Crippen molar-refractivity contribution < 1.29 is 22.5 Å². The molecule has 0 fully saturated rings. The summed E-state index contributed by atoms with van der Waals surface area (Å²) in [7, 11) is 1.49. The molecule has 0 bridgehead atoms. The number of amides is 1. The Balaban J connectivity index is 0.000000892. The molecule has 4 rings (SSSR count). The third kappa shape index (κ3) is 6.96. The van der Waals surface area contributed by atoms with Gasteiger partial charge in [0.1, 0.15) is 28.2 Å². The van der Waals surface area contributed by atoms with Crippen LogP contribution in [0, 0.1) is 12.7 Å². The molecule has 1 amide bonds. The van der Waals surface area contributed by atoms with E-state index in [1.807, 2.05) is 13.8 Å². The quantitative estimate of drug-likeness (QED) is 0.198. The second-order valence-electron chi connectivity index (χ2n) is 10.7. The number of aromatic nitrogens is 3. The van der Waals surface area contributed by atoms with E-state index in [1.54, 1.807) is 20.8 Å². The Morgan fingerprint density at radius 1 is 1.24 bits per heavy atom. The van der Waals surface area contributed by atoms with E-state index in [9.17, 15) is 18.8 Å². The van der Waals surface area contributed by atoms with E-state index in [1.165, 1.54) is 67.5 Å². The van der Waals surface area contributed by atoms with Crippen LogP contribution >= 0.6 is 24.2 Å². The number of methoxy groups -OCH3 is 1. The van der Waals surface area contributed by atoms with E-state index >= 15 is 0 Å². The number of aryl methyl sites for hydroxylation is 3. The molecule has 1 N–H and O–H groups in total. The molecule has 42 heavy (non-hydrogen) atoms. The number of halogens is 1. The molecule has 0 aliphatic heterocycles. The fraction of sp³-hybridized carbons (Fsp3) is 0.448. The Labute approximate surface area is 253 Å². The van der Waals surface area contributed by atoms with Crippen molar-refractivity contribution in [3.05, 3.63) is 68.4 Å². The van der Waals surface area contributed by atoms with Crippen molar-refractivity contribution in [2.45, 2.75) is 79.1 Å². The Morgan fingerprint density at radius 3 is 2.45 bits per heavy atom. The fourth-order valence-electron chi connectivity index (χ4n) is 4.29. The topological polar surface area (TPSA) is 118 Å². The van der Waals surface area contributed by atoms with Gasteiger partial charge in [0.2, 0.25) is 11.8 Å². The number of oxazole rings is 1. The number of thiophene rings is 1. The molecule has 0 saturated heterocycles. The molecule has 1 aromatic carbocycles. The highest BCUT2D eigenvalue weighted by molar-refractivity contribution is 7.75. The summed E-state index contributed by atoms with van der Waals surface area (Å²) in [6, 6.07) is 4.00. The minimum absolute atomic E-state index is 0.113. The average Bonchev–Trinajstić information content (AvgIpc) is 3.56. The zero-order valence-corrected chi connectivity index (χ0v) is 26.7. The Bertz CT molecular complexity index is 1660. The van der Waals surface area contributed by atoms with Crippen molar-refractivity contribution in [2.75, 3.05) is 7.11 Å². The van der Waals surface area contributed by atoms with Crippen LogP contribution in [-0.4, -0.2) is 39.3 Å². The number of rotatable bonds is 9. The third-order valence-electron chi connectivity index (χ3n) is 6.43. The normalized spacial score (nSPS) is 11.6. The number of nitrogens with one attached hydrogen (secondary N) is 1. The largest absolute Gasteiger partial charge is 0.496 e. The highest BCUT2D eigenvalue weighted by Gasteiger charge is 2.36. The van der Waals surface area contributed by atoms with Crippen LogP contribution in [0.2, 0.25) is 0 Å². The second-order valence-corrected chi connectivity index (χ2v) is 11.9. The molecule has 0 radical (unpaired) electrons. The van der Waals surface area contributed by atoms with Crippen LogP contribution < -0.4 is 21.3 Å². The van der Waals surface area contributed by atoms with E-state index < -0.39 is 28.5 Å². The molecule has 4 aromatic rings. The second kappa shape index (κ2) is 13.7. The van der Waals surface area contributed by atoms with E-state index in [-0.39, 0.29) is 25.1 Å². The molecule has 0 aliphatic carbocycles. The van der Waals surface area contributed by atoms with Gasteiger partial charge in [-0.25, -0.2) is 18.7 Å². The molecule has 3 heterocycles. The van der Waals surface area contributed by atoms with Crippen molar-refractivity contribution in [3.63, 3.8) is 0 Å². The molecule has 0 saturated carbocycles. The maximum absolute atomic E-state index is 14.0. The summed E-state index contributed by atoms with van der Waals surface area (Å²) >= 11 is 4.73. The van der Waals surface area contributed by atoms with E-state index in [2.05, 4.69) is 27.4 Å². The summed E-state index contributed by atoms with van der Waals surface area (Å²) in [6.07, 6.45) is 3.43. The Morgan fingerprint density at radius 2 is 1.90 bits per heavy atom. The van der Waals surface area contributed by atoms with Crippen molar-refractivity contribution in [3.8, 4) is 16.5 Å². The van der Waals surface area contributed by atoms with Crippen LogP contribution in [-0.2, 0) is 27.5 Å². The van der Waals surface area contributed by atoms with Crippen LogP contribution in [0.1, 0.15) is 52.7 Å². The summed E-state index contributed by atoms with van der Waals surface area (Å²) in [6.45, 7) is 12.4. The van der Waals surface area contributed by atoms with Gasteiger partial charge in [-0.3, -0.25) is 14.2 Å². The lowest BCUT2D eigenvalue weighted by molar-refractivity contribution is -0.129. The van der Waals surface area contributed by atoms with Gasteiger partial charge in [-0.2, -0.15) is 0 Å². The first kappa shape index (κ1) is 33.1. The fourth-order valence-corrected chi connectivity index (χ4v) is 5.55. The van der Waals surface area contributed by atoms with Crippen LogP contribution in [0.25, 0.3) is 21.0 Å². The Hall–Kier alpha value is -3.42. The van der Waals surface area contributed by atoms with Gasteiger partial charge in [-0.1, -0.05) is 0 Å². The minimum atomic E-state index is -1.48. The van der Waals surface area contributed by atoms with Crippen molar-refractivity contribution in [1.82, 2.24) is 19.4 Å². The summed E-state index contributed by atoms with van der Waals surface area (Å²) < 4.78 is 31.7. The van der Waals surface area contributed by atoms with Crippen molar-refractivity contribution >= 4 is 40.4 Å². The molecule has 0 atom stereocenters. The number of thiol groups is 1. The summed E-state index contributed by atoms with van der Waals surface area (Å²) in [5.74, 6) is -0.0751. The lowest BCUT2D eigenvalue weighted by Gasteiger charge is -2.27. The summed E-state index contributed by atoms with van der Waals surface area (Å²) in [5.41, 5.74) is -1.54. The number of hydrogen-bond donors (Lipinski definition) is 2. The lowest BCUT2D eigenvalue weighted by Crippen LogP contribution is -2.56. The van der Waals surface area contributed by atoms with Gasteiger partial charge >= 0.3 is 5.69 Å². The van der Waals surface area contributed by atoms with E-state index in [0.29, 0.717) is 37.9 Å². The van der Waals surface area contributed by atoms with Crippen molar-refractivity contribution in [1.29, 1.82) is 0 Å². The minimum Gasteiger partial charge on any atom is -0.496 e. The number of nitrogens with zero attached hydrogens (tertiary/aromatic N) is 3. The number of benzene rings is 1. The number of carbonyl (C=O) groups is 1. The molecule has 0 unspecified atom stereocenters. The SMILES string of the molecule is CC(C)OS.COc1ccc(F)cc1CCn1c(=O)n(C(C)(C)C(=O)NC(C)C)c(=O)c2c(C)c(-c3ncco3)sc21. The predicted molar refractivity (Wildman–Crippen MR) is 165 cm³/mol. The maximum Gasteiger partial charge on any atom is 0.333 e. The summed E-state index contributed by atoms with van der Waals surface area (Å²) in [5, 5.41) is 3.10. The first-order valence-electron chi connectivity index (χ1n) is 13.4. The van der Waals surface area contributed by atoms with Gasteiger partial charge in [0.05, 0.1) is 29.7 Å². The standard InChI is InChI=1S/C26H29FN4O5S.C3H8OS/c1-14(2)29-24(33)26(4,5)31-22(32)19-15(3)20(21-28-10-12-36-21)37-23(19)30(25(31)34)11-9-16-13-17(27)7-8-18(16)35-6;1-3(2)4-5/h7-8,10,12-14H,9,11H2,1-6H3,(H,29,33);3,5H,1-2H3. The molecule has 13 heteroatoms. The monoisotopic (exact) mass is 620 g/mol. The van der Waals surface area contributed by atoms with E-state index in [0.717, 1.165) is 4.57 Å². The number of carbonyl (C=O) groups excluding carboxylic acids is 1. The first-order chi connectivity index (χ1) is 19.7. The zero-order valence-electron chi connectivity index (χ0n) is 25.0. The highest BCUT2D eigenvalue weighted by atomic mass is 32.1. The van der Waals surface area contributed by atoms with Gasteiger partial charge in [-0.05, 0) is 97.1 Å². The zero-order chi connectivity index (χ0) is 31.4. The van der Waals surface area contributed by atoms with Gasteiger partial charge in [0.15, 0.2) is 0 Å². The van der Waals surface area contributed by atoms with Gasteiger partial charge in [0.25, 0.3) is 5.56 Å². The molecule has 228 valence electrons. The Kier molecular flexibility index (Phi) is 10.8. The molecule has 0 spiro atoms. The number of hydrogen-bond acceptors (Lipinski definition) is 9. The molecular weight excluding hydrogens is 583 g/mol. The third-order valence-corrected chi connectivity index (χ3v) is 8.16. The van der Waals surface area contributed by atoms with Crippen LogP contribution in [0.5, 0.6) is 5.75 Å². The lowest BCUT2D eigenvalue weighted by atomic mass is 10.0. The van der Waals surface area contributed by atoms with Gasteiger partial charge in [0, 0.05) is 12.6 Å². The average molecular weight is 621 g/mol. The maximum atomic E-state index is 14.0. The molecule has 3 aromatic heterocycles. The summed E-state index contributed by atoms with van der Waals surface area (Å²) in [4.78, 5) is 46.1. The predicted octanol–water partition coefficient (Wildman–Crippen LogP) is 5.09. The number of fused-ring (bicyclic) bond motifs is 1. The molecule has 10 nitrogen and oxygen atoms in total. The van der Waals surface area contributed by atoms with E-state index in [4.69, 9.17) is 9.15 Å². The number of ether oxygens (including phenoxy) is 1. The smallest absolute Gasteiger partial charge is 0.333 e. The highest BCUT2D eigenvalue weighted by Crippen LogP contribution is 2.36. The first-order valence-corrected chi connectivity index (χ1v) is 14.6. The molecule has 0 aliphatic rings. The van der Waals surface area contributed by atoms with Crippen LogP contribution in [0.3, 0.4) is 0 Å². The molecular formula is C29H37FN4O6S2. The van der Waals surface area contributed by atoms with Crippen LogP contribution in [0.15, 0.2) is 44.7 Å².